The van der Waals surface area contributed by atoms with Gasteiger partial charge in [0.2, 0.25) is 0 Å². The van der Waals surface area contributed by atoms with Gasteiger partial charge in [-0.2, -0.15) is 18.3 Å². The van der Waals surface area contributed by atoms with E-state index in [4.69, 9.17) is 0 Å². The molecule has 0 saturated carbocycles. The number of rotatable bonds is 3. The molecule has 0 radical (unpaired) electrons. The Morgan fingerprint density at radius 1 is 1.04 bits per heavy atom. The number of aromatic nitrogens is 2. The Balaban J connectivity index is 2.04. The average molecular weight is 345 g/mol. The number of aromatic amines is 1. The molecular formula is C18H14F3N3O. The number of nitrogens with one attached hydrogen (secondary N) is 2. The van der Waals surface area contributed by atoms with Crippen molar-refractivity contribution in [3.05, 3.63) is 71.4 Å². The van der Waals surface area contributed by atoms with E-state index < -0.39 is 17.8 Å². The maximum absolute atomic E-state index is 13.3. The summed E-state index contributed by atoms with van der Waals surface area (Å²) in [5.41, 5.74) is 0.211. The molecule has 0 aliphatic rings. The second-order valence-electron chi connectivity index (χ2n) is 5.46. The number of carbonyl (C=O) groups excluding carboxylic acids is 1. The van der Waals surface area contributed by atoms with E-state index in [-0.39, 0.29) is 11.4 Å². The number of halogens is 3. The van der Waals surface area contributed by atoms with Crippen molar-refractivity contribution in [3.63, 3.8) is 0 Å². The minimum absolute atomic E-state index is 0.160. The largest absolute Gasteiger partial charge is 0.433 e. The summed E-state index contributed by atoms with van der Waals surface area (Å²) in [4.78, 5) is 12.4. The third-order valence-corrected chi connectivity index (χ3v) is 3.73. The van der Waals surface area contributed by atoms with Gasteiger partial charge in [0.05, 0.1) is 5.56 Å². The maximum Gasteiger partial charge on any atom is 0.433 e. The highest BCUT2D eigenvalue weighted by Crippen LogP contribution is 2.39. The van der Waals surface area contributed by atoms with Crippen LogP contribution >= 0.6 is 0 Å². The molecule has 0 atom stereocenters. The van der Waals surface area contributed by atoms with Gasteiger partial charge in [0.25, 0.3) is 5.91 Å². The van der Waals surface area contributed by atoms with Gasteiger partial charge in [-0.25, -0.2) is 0 Å². The van der Waals surface area contributed by atoms with E-state index in [2.05, 4.69) is 10.4 Å². The fraction of sp³-hybridized carbons (Fsp3) is 0.111. The molecule has 0 spiro atoms. The van der Waals surface area contributed by atoms with E-state index in [1.54, 1.807) is 49.4 Å². The van der Waals surface area contributed by atoms with E-state index in [1.807, 2.05) is 5.10 Å². The van der Waals surface area contributed by atoms with Gasteiger partial charge in [-0.15, -0.1) is 0 Å². The zero-order valence-electron chi connectivity index (χ0n) is 13.2. The van der Waals surface area contributed by atoms with Crippen LogP contribution in [-0.2, 0) is 6.18 Å². The van der Waals surface area contributed by atoms with Crippen molar-refractivity contribution >= 4 is 11.7 Å². The molecule has 128 valence electrons. The first-order valence-corrected chi connectivity index (χ1v) is 7.46. The number of alkyl halides is 3. The lowest BCUT2D eigenvalue weighted by Crippen LogP contribution is -2.14. The zero-order chi connectivity index (χ0) is 18.0. The standard InChI is InChI=1S/C18H14F3N3O/c1-11-7-5-6-10-13(11)17(25)22-16-14(12-8-3-2-4-9-12)15(23-24-16)18(19,20)21/h2-10H,1H3,(H2,22,23,24,25). The van der Waals surface area contributed by atoms with Crippen LogP contribution in [0.5, 0.6) is 0 Å². The predicted octanol–water partition coefficient (Wildman–Crippen LogP) is 4.66. The Hall–Kier alpha value is -3.09. The highest BCUT2D eigenvalue weighted by molar-refractivity contribution is 6.06. The Morgan fingerprint density at radius 3 is 2.32 bits per heavy atom. The average Bonchev–Trinajstić information content (AvgIpc) is 3.00. The molecular weight excluding hydrogens is 331 g/mol. The van der Waals surface area contributed by atoms with Crippen LogP contribution in [0.2, 0.25) is 0 Å². The molecule has 1 heterocycles. The zero-order valence-corrected chi connectivity index (χ0v) is 13.2. The summed E-state index contributed by atoms with van der Waals surface area (Å²) in [6, 6.07) is 14.8. The van der Waals surface area contributed by atoms with Crippen molar-refractivity contribution in [2.45, 2.75) is 13.1 Å². The monoisotopic (exact) mass is 345 g/mol. The quantitative estimate of drug-likeness (QED) is 0.725. The van der Waals surface area contributed by atoms with Gasteiger partial charge in [0, 0.05) is 5.56 Å². The van der Waals surface area contributed by atoms with Crippen molar-refractivity contribution in [3.8, 4) is 11.1 Å². The van der Waals surface area contributed by atoms with E-state index in [9.17, 15) is 18.0 Å². The number of benzene rings is 2. The first kappa shape index (κ1) is 16.8. The second kappa shape index (κ2) is 6.43. The lowest BCUT2D eigenvalue weighted by molar-refractivity contribution is -0.140. The van der Waals surface area contributed by atoms with E-state index in [0.29, 0.717) is 16.7 Å². The molecule has 0 unspecified atom stereocenters. The fourth-order valence-electron chi connectivity index (χ4n) is 2.53. The van der Waals surface area contributed by atoms with Crippen LogP contribution in [0.25, 0.3) is 11.1 Å². The Morgan fingerprint density at radius 2 is 1.68 bits per heavy atom. The summed E-state index contributed by atoms with van der Waals surface area (Å²) < 4.78 is 39.9. The van der Waals surface area contributed by atoms with Gasteiger partial charge in [-0.1, -0.05) is 48.5 Å². The number of anilines is 1. The number of aryl methyl sites for hydroxylation is 1. The third-order valence-electron chi connectivity index (χ3n) is 3.73. The van der Waals surface area contributed by atoms with Crippen LogP contribution in [-0.4, -0.2) is 16.1 Å². The molecule has 0 bridgehead atoms. The van der Waals surface area contributed by atoms with Gasteiger partial charge < -0.3 is 5.32 Å². The lowest BCUT2D eigenvalue weighted by Gasteiger charge is -2.10. The summed E-state index contributed by atoms with van der Waals surface area (Å²) in [6.45, 7) is 1.75. The molecule has 1 amide bonds. The highest BCUT2D eigenvalue weighted by Gasteiger charge is 2.38. The molecule has 3 rings (SSSR count). The van der Waals surface area contributed by atoms with Gasteiger partial charge in [0.1, 0.15) is 5.69 Å². The number of carbonyl (C=O) groups is 1. The van der Waals surface area contributed by atoms with Gasteiger partial charge >= 0.3 is 6.18 Å². The third kappa shape index (κ3) is 3.40. The highest BCUT2D eigenvalue weighted by atomic mass is 19.4. The first-order valence-electron chi connectivity index (χ1n) is 7.46. The normalized spacial score (nSPS) is 11.4. The van der Waals surface area contributed by atoms with Gasteiger partial charge in [-0.3, -0.25) is 9.89 Å². The molecule has 2 N–H and O–H groups in total. The minimum atomic E-state index is -4.62. The van der Waals surface area contributed by atoms with Crippen molar-refractivity contribution in [2.24, 2.45) is 0 Å². The van der Waals surface area contributed by atoms with E-state index in [0.717, 1.165) is 0 Å². The topological polar surface area (TPSA) is 57.8 Å². The summed E-state index contributed by atoms with van der Waals surface area (Å²) in [5.74, 6) is -0.678. The van der Waals surface area contributed by atoms with Crippen molar-refractivity contribution in [1.82, 2.24) is 10.2 Å². The second-order valence-corrected chi connectivity index (χ2v) is 5.46. The SMILES string of the molecule is Cc1ccccc1C(=O)Nc1n[nH]c(C(F)(F)F)c1-c1ccccc1. The Bertz CT molecular complexity index is 901. The Labute approximate surface area is 141 Å². The van der Waals surface area contributed by atoms with Crippen LogP contribution in [0.3, 0.4) is 0 Å². The van der Waals surface area contributed by atoms with Crippen molar-refractivity contribution in [2.75, 3.05) is 5.32 Å². The van der Waals surface area contributed by atoms with E-state index in [1.165, 1.54) is 12.1 Å². The summed E-state index contributed by atoms with van der Waals surface area (Å²) in [7, 11) is 0. The van der Waals surface area contributed by atoms with Crippen LogP contribution in [0, 0.1) is 6.92 Å². The molecule has 3 aromatic rings. The predicted molar refractivity (Wildman–Crippen MR) is 88.2 cm³/mol. The number of H-pyrrole nitrogens is 1. The lowest BCUT2D eigenvalue weighted by atomic mass is 10.0. The summed E-state index contributed by atoms with van der Waals surface area (Å²) >= 11 is 0. The molecule has 0 aliphatic heterocycles. The van der Waals surface area contributed by atoms with Crippen LogP contribution < -0.4 is 5.32 Å². The van der Waals surface area contributed by atoms with Crippen LogP contribution in [0.1, 0.15) is 21.6 Å². The number of nitrogens with zero attached hydrogens (tertiary/aromatic N) is 1. The minimum Gasteiger partial charge on any atom is -0.305 e. The van der Waals surface area contributed by atoms with E-state index >= 15 is 0 Å². The molecule has 1 aromatic heterocycles. The summed E-state index contributed by atoms with van der Waals surface area (Å²) in [6.07, 6.45) is -4.62. The molecule has 2 aromatic carbocycles. The number of amides is 1. The van der Waals surface area contributed by atoms with Crippen LogP contribution in [0.15, 0.2) is 54.6 Å². The van der Waals surface area contributed by atoms with Gasteiger partial charge in [-0.05, 0) is 24.1 Å². The Kier molecular flexibility index (Phi) is 4.31. The molecule has 0 saturated heterocycles. The summed E-state index contributed by atoms with van der Waals surface area (Å²) in [5, 5.41) is 8.15. The molecule has 0 aliphatic carbocycles. The number of hydrogen-bond donors (Lipinski definition) is 2. The molecule has 7 heteroatoms. The fourth-order valence-corrected chi connectivity index (χ4v) is 2.53. The molecule has 4 nitrogen and oxygen atoms in total. The number of hydrogen-bond acceptors (Lipinski definition) is 2. The maximum atomic E-state index is 13.3. The van der Waals surface area contributed by atoms with Gasteiger partial charge in [0.15, 0.2) is 5.82 Å². The van der Waals surface area contributed by atoms with Crippen molar-refractivity contribution in [1.29, 1.82) is 0 Å². The molecule has 0 fully saturated rings. The first-order chi connectivity index (χ1) is 11.9. The molecule has 25 heavy (non-hydrogen) atoms. The van der Waals surface area contributed by atoms with Crippen LogP contribution in [0.4, 0.5) is 19.0 Å². The smallest absolute Gasteiger partial charge is 0.305 e. The van der Waals surface area contributed by atoms with Crippen molar-refractivity contribution < 1.29 is 18.0 Å².